The highest BCUT2D eigenvalue weighted by molar-refractivity contribution is 5.47. The summed E-state index contributed by atoms with van der Waals surface area (Å²) in [7, 11) is 0. The number of anilines is 1. The average Bonchev–Trinajstić information content (AvgIpc) is 2.96. The van der Waals surface area contributed by atoms with Crippen molar-refractivity contribution in [2.24, 2.45) is 0 Å². The van der Waals surface area contributed by atoms with E-state index in [2.05, 4.69) is 4.90 Å². The first-order valence-electron chi connectivity index (χ1n) is 11.1. The normalized spacial score (nSPS) is 23.8. The molecule has 1 unspecified atom stereocenters. The van der Waals surface area contributed by atoms with Gasteiger partial charge in [-0.05, 0) is 43.2 Å². The van der Waals surface area contributed by atoms with E-state index in [-0.39, 0.29) is 31.3 Å². The van der Waals surface area contributed by atoms with Crippen LogP contribution in [-0.4, -0.2) is 78.9 Å². The van der Waals surface area contributed by atoms with Gasteiger partial charge < -0.3 is 24.6 Å². The molecule has 2 aromatic rings. The van der Waals surface area contributed by atoms with Gasteiger partial charge in [0, 0.05) is 44.5 Å². The van der Waals surface area contributed by atoms with Gasteiger partial charge in [-0.15, -0.1) is 0 Å². The van der Waals surface area contributed by atoms with Crippen LogP contribution in [0, 0.1) is 17.5 Å². The summed E-state index contributed by atoms with van der Waals surface area (Å²) in [6.07, 6.45) is 1.01. The molecule has 6 nitrogen and oxygen atoms in total. The smallest absolute Gasteiger partial charge is 0.162 e. The molecule has 0 spiro atoms. The average molecular weight is 467 g/mol. The molecule has 2 aliphatic rings. The molecule has 2 saturated heterocycles. The molecule has 0 bridgehead atoms. The third kappa shape index (κ3) is 6.17. The van der Waals surface area contributed by atoms with Crippen LogP contribution < -0.4 is 9.64 Å². The van der Waals surface area contributed by atoms with E-state index in [4.69, 9.17) is 9.47 Å². The molecule has 0 saturated carbocycles. The SMILES string of the molecule is OC1(CN2CCOCC(O)(COc3ccc(F)c(F)c3)C2)CCN(c2cccc(F)c2)CC1. The number of halogens is 3. The molecule has 0 radical (unpaired) electrons. The number of aliphatic hydroxyl groups is 2. The Bertz CT molecular complexity index is 955. The van der Waals surface area contributed by atoms with Gasteiger partial charge in [0.25, 0.3) is 0 Å². The van der Waals surface area contributed by atoms with Crippen molar-refractivity contribution in [2.75, 3.05) is 57.4 Å². The van der Waals surface area contributed by atoms with Gasteiger partial charge in [0.05, 0.1) is 18.8 Å². The molecule has 2 aromatic carbocycles. The lowest BCUT2D eigenvalue weighted by Crippen LogP contribution is -2.55. The van der Waals surface area contributed by atoms with Crippen molar-refractivity contribution < 1.29 is 32.9 Å². The summed E-state index contributed by atoms with van der Waals surface area (Å²) < 4.78 is 51.1. The zero-order valence-electron chi connectivity index (χ0n) is 18.4. The zero-order valence-corrected chi connectivity index (χ0v) is 18.4. The first kappa shape index (κ1) is 23.8. The maximum absolute atomic E-state index is 13.5. The van der Waals surface area contributed by atoms with Crippen LogP contribution in [0.5, 0.6) is 5.75 Å². The Hall–Kier alpha value is -2.33. The van der Waals surface area contributed by atoms with E-state index >= 15 is 0 Å². The Labute approximate surface area is 191 Å². The van der Waals surface area contributed by atoms with Crippen molar-refractivity contribution in [3.63, 3.8) is 0 Å². The fourth-order valence-corrected chi connectivity index (χ4v) is 4.43. The number of benzene rings is 2. The third-order valence-electron chi connectivity index (χ3n) is 6.22. The van der Waals surface area contributed by atoms with Crippen LogP contribution in [0.3, 0.4) is 0 Å². The summed E-state index contributed by atoms with van der Waals surface area (Å²) in [6, 6.07) is 9.62. The quantitative estimate of drug-likeness (QED) is 0.683. The Morgan fingerprint density at radius 1 is 0.939 bits per heavy atom. The number of ether oxygens (including phenoxy) is 2. The number of hydrogen-bond acceptors (Lipinski definition) is 6. The lowest BCUT2D eigenvalue weighted by molar-refractivity contribution is -0.0743. The van der Waals surface area contributed by atoms with Gasteiger partial charge in [0.1, 0.15) is 23.8 Å². The van der Waals surface area contributed by atoms with Crippen LogP contribution in [0.2, 0.25) is 0 Å². The highest BCUT2D eigenvalue weighted by Gasteiger charge is 2.39. The molecule has 0 aromatic heterocycles. The van der Waals surface area contributed by atoms with E-state index in [9.17, 15) is 23.4 Å². The molecule has 2 heterocycles. The van der Waals surface area contributed by atoms with Crippen molar-refractivity contribution in [3.8, 4) is 5.75 Å². The summed E-state index contributed by atoms with van der Waals surface area (Å²) in [5, 5.41) is 22.2. The van der Waals surface area contributed by atoms with Gasteiger partial charge >= 0.3 is 0 Å². The van der Waals surface area contributed by atoms with Crippen molar-refractivity contribution >= 4 is 5.69 Å². The maximum atomic E-state index is 13.5. The van der Waals surface area contributed by atoms with E-state index in [0.717, 1.165) is 17.8 Å². The summed E-state index contributed by atoms with van der Waals surface area (Å²) in [4.78, 5) is 3.99. The minimum Gasteiger partial charge on any atom is -0.490 e. The first-order chi connectivity index (χ1) is 15.7. The molecule has 2 aliphatic heterocycles. The molecular formula is C24H29F3N2O4. The van der Waals surface area contributed by atoms with Crippen LogP contribution in [0.15, 0.2) is 42.5 Å². The van der Waals surface area contributed by atoms with E-state index in [1.807, 2.05) is 11.0 Å². The van der Waals surface area contributed by atoms with Crippen molar-refractivity contribution in [1.29, 1.82) is 0 Å². The summed E-state index contributed by atoms with van der Waals surface area (Å²) in [5.41, 5.74) is -1.53. The van der Waals surface area contributed by atoms with Crippen molar-refractivity contribution in [2.45, 2.75) is 24.0 Å². The minimum absolute atomic E-state index is 0.0267. The monoisotopic (exact) mass is 466 g/mol. The molecule has 0 aliphatic carbocycles. The van der Waals surface area contributed by atoms with Gasteiger partial charge in [0.2, 0.25) is 0 Å². The van der Waals surface area contributed by atoms with Gasteiger partial charge in [0.15, 0.2) is 11.6 Å². The molecular weight excluding hydrogens is 437 g/mol. The Kier molecular flexibility index (Phi) is 7.13. The van der Waals surface area contributed by atoms with Crippen LogP contribution in [0.1, 0.15) is 12.8 Å². The van der Waals surface area contributed by atoms with Crippen molar-refractivity contribution in [1.82, 2.24) is 4.90 Å². The lowest BCUT2D eigenvalue weighted by Gasteiger charge is -2.42. The van der Waals surface area contributed by atoms with Crippen LogP contribution in [0.25, 0.3) is 0 Å². The predicted octanol–water partition coefficient (Wildman–Crippen LogP) is 2.58. The second-order valence-corrected chi connectivity index (χ2v) is 9.04. The lowest BCUT2D eigenvalue weighted by atomic mass is 9.90. The number of piperidine rings is 1. The molecule has 4 rings (SSSR count). The molecule has 180 valence electrons. The first-order valence-corrected chi connectivity index (χ1v) is 11.1. The standard InChI is InChI=1S/C24H29F3N2O4/c25-18-2-1-3-19(12-18)29-8-6-23(30,7-9-29)14-28-10-11-32-16-24(31,15-28)17-33-20-4-5-21(26)22(27)13-20/h1-5,12-13,30-31H,6-11,14-17H2. The molecule has 2 fully saturated rings. The molecule has 2 N–H and O–H groups in total. The molecule has 0 amide bonds. The number of rotatable bonds is 6. The zero-order chi connectivity index (χ0) is 23.5. The Morgan fingerprint density at radius 3 is 2.45 bits per heavy atom. The summed E-state index contributed by atoms with van der Waals surface area (Å²) in [5.74, 6) is -2.17. The van der Waals surface area contributed by atoms with E-state index in [0.29, 0.717) is 45.6 Å². The topological polar surface area (TPSA) is 65.4 Å². The molecule has 1 atom stereocenters. The number of β-amino-alcohol motifs (C(OH)–C–C–N with tert-alkyl or cyclic N) is 2. The minimum atomic E-state index is -1.38. The van der Waals surface area contributed by atoms with Crippen LogP contribution in [-0.2, 0) is 4.74 Å². The molecule has 9 heteroatoms. The van der Waals surface area contributed by atoms with Gasteiger partial charge in [-0.2, -0.15) is 0 Å². The third-order valence-corrected chi connectivity index (χ3v) is 6.22. The largest absolute Gasteiger partial charge is 0.490 e. The summed E-state index contributed by atoms with van der Waals surface area (Å²) >= 11 is 0. The fraction of sp³-hybridized carbons (Fsp3) is 0.500. The maximum Gasteiger partial charge on any atom is 0.162 e. The molecule has 33 heavy (non-hydrogen) atoms. The van der Waals surface area contributed by atoms with Crippen molar-refractivity contribution in [3.05, 3.63) is 59.9 Å². The van der Waals surface area contributed by atoms with Crippen LogP contribution in [0.4, 0.5) is 18.9 Å². The Balaban J connectivity index is 1.34. The van der Waals surface area contributed by atoms with Gasteiger partial charge in [-0.25, -0.2) is 13.2 Å². The fourth-order valence-electron chi connectivity index (χ4n) is 4.43. The predicted molar refractivity (Wildman–Crippen MR) is 117 cm³/mol. The summed E-state index contributed by atoms with van der Waals surface area (Å²) in [6.45, 7) is 2.51. The van der Waals surface area contributed by atoms with Crippen LogP contribution >= 0.6 is 0 Å². The second kappa shape index (κ2) is 9.89. The van der Waals surface area contributed by atoms with E-state index in [1.165, 1.54) is 18.2 Å². The second-order valence-electron chi connectivity index (χ2n) is 9.04. The van der Waals surface area contributed by atoms with Gasteiger partial charge in [-0.3, -0.25) is 4.90 Å². The number of nitrogens with zero attached hydrogens (tertiary/aromatic N) is 2. The van der Waals surface area contributed by atoms with E-state index in [1.54, 1.807) is 6.07 Å². The highest BCUT2D eigenvalue weighted by Crippen LogP contribution is 2.28. The Morgan fingerprint density at radius 2 is 1.73 bits per heavy atom. The van der Waals surface area contributed by atoms with E-state index < -0.39 is 22.8 Å². The number of hydrogen-bond donors (Lipinski definition) is 2. The highest BCUT2D eigenvalue weighted by atomic mass is 19.2. The van der Waals surface area contributed by atoms with Gasteiger partial charge in [-0.1, -0.05) is 6.07 Å².